The van der Waals surface area contributed by atoms with Crippen molar-refractivity contribution >= 4 is 0 Å². The largest absolute Gasteiger partial charge is 0.393 e. The van der Waals surface area contributed by atoms with Crippen LogP contribution in [0.2, 0.25) is 0 Å². The summed E-state index contributed by atoms with van der Waals surface area (Å²) in [5.41, 5.74) is 0. The van der Waals surface area contributed by atoms with Gasteiger partial charge in [-0.15, -0.1) is 0 Å². The van der Waals surface area contributed by atoms with Crippen LogP contribution in [0.25, 0.3) is 0 Å². The zero-order chi connectivity index (χ0) is 13.7. The third-order valence-corrected chi connectivity index (χ3v) is 5.18. The van der Waals surface area contributed by atoms with Gasteiger partial charge in [0, 0.05) is 12.6 Å². The maximum absolute atomic E-state index is 9.73. The maximum atomic E-state index is 9.73. The molecule has 2 rings (SSSR count). The lowest BCUT2D eigenvalue weighted by Gasteiger charge is -2.36. The Balaban J connectivity index is 1.69. The van der Waals surface area contributed by atoms with E-state index in [0.29, 0.717) is 12.0 Å². The van der Waals surface area contributed by atoms with E-state index in [1.165, 1.54) is 45.3 Å². The molecule has 2 N–H and O–H groups in total. The van der Waals surface area contributed by atoms with E-state index in [9.17, 15) is 5.11 Å². The van der Waals surface area contributed by atoms with Crippen molar-refractivity contribution in [1.82, 2.24) is 10.2 Å². The van der Waals surface area contributed by atoms with Crippen molar-refractivity contribution in [3.05, 3.63) is 0 Å². The van der Waals surface area contributed by atoms with Gasteiger partial charge in [0.15, 0.2) is 0 Å². The van der Waals surface area contributed by atoms with Crippen molar-refractivity contribution in [3.8, 4) is 0 Å². The molecule has 0 aromatic carbocycles. The molecule has 0 amide bonds. The molecule has 3 nitrogen and oxygen atoms in total. The molecule has 0 spiro atoms. The number of likely N-dealkylation sites (tertiary alicyclic amines) is 1. The van der Waals surface area contributed by atoms with E-state index in [0.717, 1.165) is 25.3 Å². The SMILES string of the molecule is CCN1CCCC(C(C)NCC2CCCC(O)C2)C1. The summed E-state index contributed by atoms with van der Waals surface area (Å²) in [6.45, 7) is 9.46. The highest BCUT2D eigenvalue weighted by molar-refractivity contribution is 4.82. The molecule has 1 aliphatic heterocycles. The summed E-state index contributed by atoms with van der Waals surface area (Å²) >= 11 is 0. The van der Waals surface area contributed by atoms with Crippen LogP contribution in [0.1, 0.15) is 52.4 Å². The third-order valence-electron chi connectivity index (χ3n) is 5.18. The van der Waals surface area contributed by atoms with Crippen molar-refractivity contribution < 1.29 is 5.11 Å². The fourth-order valence-electron chi connectivity index (χ4n) is 3.75. The van der Waals surface area contributed by atoms with Gasteiger partial charge in [-0.25, -0.2) is 0 Å². The second-order valence-electron chi connectivity index (χ2n) is 6.68. The first-order valence-corrected chi connectivity index (χ1v) is 8.32. The van der Waals surface area contributed by atoms with E-state index in [-0.39, 0.29) is 6.10 Å². The lowest BCUT2D eigenvalue weighted by atomic mass is 9.86. The number of nitrogens with one attached hydrogen (secondary N) is 1. The Labute approximate surface area is 118 Å². The Morgan fingerprint density at radius 2 is 2.11 bits per heavy atom. The van der Waals surface area contributed by atoms with E-state index in [1.54, 1.807) is 0 Å². The fourth-order valence-corrected chi connectivity index (χ4v) is 3.75. The molecule has 4 atom stereocenters. The summed E-state index contributed by atoms with van der Waals surface area (Å²) in [5.74, 6) is 1.50. The number of aliphatic hydroxyl groups excluding tert-OH is 1. The summed E-state index contributed by atoms with van der Waals surface area (Å²) in [5, 5.41) is 13.5. The molecule has 19 heavy (non-hydrogen) atoms. The van der Waals surface area contributed by atoms with Crippen LogP contribution in [0, 0.1) is 11.8 Å². The molecule has 1 aliphatic carbocycles. The average Bonchev–Trinajstić information content (AvgIpc) is 2.45. The van der Waals surface area contributed by atoms with Crippen molar-refractivity contribution in [3.63, 3.8) is 0 Å². The van der Waals surface area contributed by atoms with Crippen LogP contribution in [0.5, 0.6) is 0 Å². The molecule has 112 valence electrons. The van der Waals surface area contributed by atoms with Gasteiger partial charge in [0.2, 0.25) is 0 Å². The number of rotatable bonds is 5. The standard InChI is InChI=1S/C16H32N2O/c1-3-18-9-5-7-15(12-18)13(2)17-11-14-6-4-8-16(19)10-14/h13-17,19H,3-12H2,1-2H3. The summed E-state index contributed by atoms with van der Waals surface area (Å²) in [7, 11) is 0. The average molecular weight is 268 g/mol. The number of hydrogen-bond donors (Lipinski definition) is 2. The molecule has 1 saturated carbocycles. The van der Waals surface area contributed by atoms with Crippen LogP contribution in [-0.4, -0.2) is 48.3 Å². The number of aliphatic hydroxyl groups is 1. The Morgan fingerprint density at radius 1 is 1.26 bits per heavy atom. The second-order valence-corrected chi connectivity index (χ2v) is 6.68. The van der Waals surface area contributed by atoms with Gasteiger partial charge in [0.05, 0.1) is 6.10 Å². The van der Waals surface area contributed by atoms with Gasteiger partial charge in [0.1, 0.15) is 0 Å². The van der Waals surface area contributed by atoms with Crippen LogP contribution < -0.4 is 5.32 Å². The number of nitrogens with zero attached hydrogens (tertiary/aromatic N) is 1. The third kappa shape index (κ3) is 4.73. The summed E-state index contributed by atoms with van der Waals surface area (Å²) in [6.07, 6.45) is 7.20. The van der Waals surface area contributed by atoms with Gasteiger partial charge in [-0.2, -0.15) is 0 Å². The lowest BCUT2D eigenvalue weighted by Crippen LogP contribution is -2.45. The zero-order valence-corrected chi connectivity index (χ0v) is 12.8. The molecule has 0 aromatic rings. The van der Waals surface area contributed by atoms with Crippen LogP contribution >= 0.6 is 0 Å². The minimum atomic E-state index is -0.0406. The minimum Gasteiger partial charge on any atom is -0.393 e. The first kappa shape index (κ1) is 15.3. The quantitative estimate of drug-likeness (QED) is 0.803. The fraction of sp³-hybridized carbons (Fsp3) is 1.00. The second kappa shape index (κ2) is 7.61. The van der Waals surface area contributed by atoms with E-state index in [4.69, 9.17) is 0 Å². The Bertz CT molecular complexity index is 259. The first-order valence-electron chi connectivity index (χ1n) is 8.32. The smallest absolute Gasteiger partial charge is 0.0543 e. The molecule has 1 heterocycles. The Kier molecular flexibility index (Phi) is 6.11. The Morgan fingerprint density at radius 3 is 2.84 bits per heavy atom. The van der Waals surface area contributed by atoms with Crippen LogP contribution in [0.15, 0.2) is 0 Å². The normalized spacial score (nSPS) is 35.2. The topological polar surface area (TPSA) is 35.5 Å². The van der Waals surface area contributed by atoms with Gasteiger partial charge >= 0.3 is 0 Å². The molecule has 1 saturated heterocycles. The van der Waals surface area contributed by atoms with Gasteiger partial charge < -0.3 is 15.3 Å². The highest BCUT2D eigenvalue weighted by Gasteiger charge is 2.25. The maximum Gasteiger partial charge on any atom is 0.0543 e. The van der Waals surface area contributed by atoms with Gasteiger partial charge in [-0.05, 0) is 70.5 Å². The number of hydrogen-bond acceptors (Lipinski definition) is 3. The summed E-state index contributed by atoms with van der Waals surface area (Å²) in [4.78, 5) is 2.58. The molecule has 2 aliphatic rings. The molecule has 0 bridgehead atoms. The van der Waals surface area contributed by atoms with Gasteiger partial charge in [-0.3, -0.25) is 0 Å². The molecular formula is C16H32N2O. The van der Waals surface area contributed by atoms with Crippen molar-refractivity contribution in [2.45, 2.75) is 64.5 Å². The van der Waals surface area contributed by atoms with E-state index in [1.807, 2.05) is 0 Å². The predicted octanol–water partition coefficient (Wildman–Crippen LogP) is 2.25. The van der Waals surface area contributed by atoms with E-state index < -0.39 is 0 Å². The van der Waals surface area contributed by atoms with Crippen molar-refractivity contribution in [1.29, 1.82) is 0 Å². The van der Waals surface area contributed by atoms with E-state index >= 15 is 0 Å². The van der Waals surface area contributed by atoms with Crippen LogP contribution in [-0.2, 0) is 0 Å². The predicted molar refractivity (Wildman–Crippen MR) is 80.3 cm³/mol. The zero-order valence-electron chi connectivity index (χ0n) is 12.8. The first-order chi connectivity index (χ1) is 9.19. The lowest BCUT2D eigenvalue weighted by molar-refractivity contribution is 0.0965. The highest BCUT2D eigenvalue weighted by Crippen LogP contribution is 2.24. The molecular weight excluding hydrogens is 236 g/mol. The monoisotopic (exact) mass is 268 g/mol. The molecule has 0 radical (unpaired) electrons. The summed E-state index contributed by atoms with van der Waals surface area (Å²) in [6, 6.07) is 0.619. The molecule has 3 heteroatoms. The van der Waals surface area contributed by atoms with Crippen LogP contribution in [0.3, 0.4) is 0 Å². The minimum absolute atomic E-state index is 0.0406. The van der Waals surface area contributed by atoms with Crippen molar-refractivity contribution in [2.24, 2.45) is 11.8 Å². The molecule has 4 unspecified atom stereocenters. The summed E-state index contributed by atoms with van der Waals surface area (Å²) < 4.78 is 0. The van der Waals surface area contributed by atoms with E-state index in [2.05, 4.69) is 24.1 Å². The van der Waals surface area contributed by atoms with Gasteiger partial charge in [0.25, 0.3) is 0 Å². The highest BCUT2D eigenvalue weighted by atomic mass is 16.3. The Hall–Kier alpha value is -0.120. The molecule has 0 aromatic heterocycles. The van der Waals surface area contributed by atoms with Gasteiger partial charge in [-0.1, -0.05) is 13.3 Å². The van der Waals surface area contributed by atoms with Crippen LogP contribution in [0.4, 0.5) is 0 Å². The molecule has 2 fully saturated rings. The number of piperidine rings is 1. The van der Waals surface area contributed by atoms with Crippen molar-refractivity contribution in [2.75, 3.05) is 26.2 Å².